The maximum Gasteiger partial charge on any atom is 0.0517 e. The summed E-state index contributed by atoms with van der Waals surface area (Å²) in [5, 5.41) is 9.13. The monoisotopic (exact) mass is 143 g/mol. The van der Waals surface area contributed by atoms with Crippen LogP contribution in [0.4, 0.5) is 0 Å². The Morgan fingerprint density at radius 2 is 2.20 bits per heavy atom. The Morgan fingerprint density at radius 1 is 1.60 bits per heavy atom. The Kier molecular flexibility index (Phi) is 2.32. The van der Waals surface area contributed by atoms with E-state index in [9.17, 15) is 0 Å². The van der Waals surface area contributed by atoms with Crippen molar-refractivity contribution in [1.29, 1.82) is 0 Å². The fourth-order valence-electron chi connectivity index (χ4n) is 1.80. The van der Waals surface area contributed by atoms with Gasteiger partial charge < -0.3 is 10.8 Å². The minimum absolute atomic E-state index is 0.177. The molecule has 0 bridgehead atoms. The van der Waals surface area contributed by atoms with E-state index in [0.29, 0.717) is 5.41 Å². The second-order valence-electron chi connectivity index (χ2n) is 3.61. The highest BCUT2D eigenvalue weighted by molar-refractivity contribution is 4.89. The van der Waals surface area contributed by atoms with Crippen LogP contribution in [0.3, 0.4) is 0 Å². The summed E-state index contributed by atoms with van der Waals surface area (Å²) in [6.07, 6.45) is 4.44. The molecule has 1 saturated carbocycles. The highest BCUT2D eigenvalue weighted by atomic mass is 16.3. The number of rotatable bonds is 3. The predicted molar refractivity (Wildman–Crippen MR) is 41.6 cm³/mol. The molecule has 0 heterocycles. The van der Waals surface area contributed by atoms with Crippen LogP contribution >= 0.6 is 0 Å². The van der Waals surface area contributed by atoms with E-state index in [1.165, 1.54) is 19.3 Å². The van der Waals surface area contributed by atoms with Crippen LogP contribution in [-0.4, -0.2) is 17.8 Å². The molecule has 0 spiro atoms. The summed E-state index contributed by atoms with van der Waals surface area (Å²) in [6.45, 7) is 2.59. The smallest absolute Gasteiger partial charge is 0.0517 e. The molecule has 1 aliphatic rings. The van der Waals surface area contributed by atoms with Gasteiger partial charge in [-0.15, -0.1) is 0 Å². The zero-order valence-electron chi connectivity index (χ0n) is 6.64. The molecule has 60 valence electrons. The summed E-state index contributed by atoms with van der Waals surface area (Å²) in [4.78, 5) is 0. The standard InChI is InChI=1S/C8H17NO/c1-7(10)5-8(6-9)3-2-4-8/h7,10H,2-6,9H2,1H3. The number of aliphatic hydroxyl groups is 1. The average Bonchev–Trinajstić information content (AvgIpc) is 1.78. The van der Waals surface area contributed by atoms with Gasteiger partial charge in [-0.05, 0) is 38.1 Å². The second kappa shape index (κ2) is 2.89. The van der Waals surface area contributed by atoms with Gasteiger partial charge in [-0.3, -0.25) is 0 Å². The second-order valence-corrected chi connectivity index (χ2v) is 3.61. The van der Waals surface area contributed by atoms with E-state index in [-0.39, 0.29) is 6.10 Å². The third kappa shape index (κ3) is 1.50. The Balaban J connectivity index is 2.33. The molecule has 0 saturated heterocycles. The number of nitrogens with two attached hydrogens (primary N) is 1. The molecule has 1 fully saturated rings. The molecule has 1 unspecified atom stereocenters. The van der Waals surface area contributed by atoms with Gasteiger partial charge in [0.05, 0.1) is 6.10 Å². The van der Waals surface area contributed by atoms with Crippen molar-refractivity contribution in [1.82, 2.24) is 0 Å². The molecule has 2 nitrogen and oxygen atoms in total. The minimum atomic E-state index is -0.177. The summed E-state index contributed by atoms with van der Waals surface area (Å²) < 4.78 is 0. The van der Waals surface area contributed by atoms with Crippen LogP contribution in [0.25, 0.3) is 0 Å². The summed E-state index contributed by atoms with van der Waals surface area (Å²) in [6, 6.07) is 0. The lowest BCUT2D eigenvalue weighted by Gasteiger charge is -2.41. The van der Waals surface area contributed by atoms with Crippen molar-refractivity contribution in [3.8, 4) is 0 Å². The van der Waals surface area contributed by atoms with Crippen molar-refractivity contribution >= 4 is 0 Å². The molecule has 1 atom stereocenters. The van der Waals surface area contributed by atoms with Gasteiger partial charge >= 0.3 is 0 Å². The number of aliphatic hydroxyl groups excluding tert-OH is 1. The maximum absolute atomic E-state index is 9.13. The van der Waals surface area contributed by atoms with Gasteiger partial charge in [0.25, 0.3) is 0 Å². The third-order valence-corrected chi connectivity index (χ3v) is 2.58. The lowest BCUT2D eigenvalue weighted by molar-refractivity contribution is 0.0562. The van der Waals surface area contributed by atoms with Crippen molar-refractivity contribution in [2.24, 2.45) is 11.1 Å². The van der Waals surface area contributed by atoms with Gasteiger partial charge in [-0.2, -0.15) is 0 Å². The van der Waals surface area contributed by atoms with Crippen molar-refractivity contribution in [3.63, 3.8) is 0 Å². The number of hydrogen-bond donors (Lipinski definition) is 2. The highest BCUT2D eigenvalue weighted by Gasteiger charge is 2.36. The molecule has 1 rings (SSSR count). The van der Waals surface area contributed by atoms with E-state index >= 15 is 0 Å². The summed E-state index contributed by atoms with van der Waals surface area (Å²) in [5.74, 6) is 0. The zero-order chi connectivity index (χ0) is 7.61. The quantitative estimate of drug-likeness (QED) is 0.616. The van der Waals surface area contributed by atoms with Crippen LogP contribution in [0.1, 0.15) is 32.6 Å². The van der Waals surface area contributed by atoms with Crippen molar-refractivity contribution in [2.45, 2.75) is 38.7 Å². The van der Waals surface area contributed by atoms with Crippen molar-refractivity contribution in [2.75, 3.05) is 6.54 Å². The fraction of sp³-hybridized carbons (Fsp3) is 1.00. The molecular weight excluding hydrogens is 126 g/mol. The molecule has 0 aliphatic heterocycles. The molecule has 3 N–H and O–H groups in total. The minimum Gasteiger partial charge on any atom is -0.393 e. The van der Waals surface area contributed by atoms with E-state index in [1.807, 2.05) is 6.92 Å². The van der Waals surface area contributed by atoms with E-state index in [0.717, 1.165) is 13.0 Å². The van der Waals surface area contributed by atoms with Gasteiger partial charge in [-0.25, -0.2) is 0 Å². The lowest BCUT2D eigenvalue weighted by atomic mass is 9.66. The predicted octanol–water partition coefficient (Wildman–Crippen LogP) is 0.886. The first kappa shape index (κ1) is 8.02. The molecule has 2 heteroatoms. The molecule has 0 aromatic heterocycles. The van der Waals surface area contributed by atoms with Crippen LogP contribution < -0.4 is 5.73 Å². The van der Waals surface area contributed by atoms with Crippen LogP contribution in [0.15, 0.2) is 0 Å². The van der Waals surface area contributed by atoms with Gasteiger partial charge in [0.15, 0.2) is 0 Å². The van der Waals surface area contributed by atoms with E-state index < -0.39 is 0 Å². The zero-order valence-corrected chi connectivity index (χ0v) is 6.64. The third-order valence-electron chi connectivity index (χ3n) is 2.58. The highest BCUT2D eigenvalue weighted by Crippen LogP contribution is 2.43. The summed E-state index contributed by atoms with van der Waals surface area (Å²) >= 11 is 0. The van der Waals surface area contributed by atoms with E-state index in [4.69, 9.17) is 10.8 Å². The van der Waals surface area contributed by atoms with Gasteiger partial charge in [0.1, 0.15) is 0 Å². The Labute approximate surface area is 62.4 Å². The van der Waals surface area contributed by atoms with E-state index in [2.05, 4.69) is 0 Å². The summed E-state index contributed by atoms with van der Waals surface area (Å²) in [7, 11) is 0. The first-order valence-corrected chi connectivity index (χ1v) is 4.07. The fourth-order valence-corrected chi connectivity index (χ4v) is 1.80. The van der Waals surface area contributed by atoms with Gasteiger partial charge in [0.2, 0.25) is 0 Å². The first-order valence-electron chi connectivity index (χ1n) is 4.07. The molecular formula is C8H17NO. The molecule has 0 aromatic rings. The Bertz CT molecular complexity index is 102. The molecule has 1 aliphatic carbocycles. The van der Waals surface area contributed by atoms with Crippen molar-refractivity contribution in [3.05, 3.63) is 0 Å². The topological polar surface area (TPSA) is 46.2 Å². The van der Waals surface area contributed by atoms with E-state index in [1.54, 1.807) is 0 Å². The molecule has 0 aromatic carbocycles. The van der Waals surface area contributed by atoms with Gasteiger partial charge in [0, 0.05) is 0 Å². The van der Waals surface area contributed by atoms with Crippen LogP contribution in [0, 0.1) is 5.41 Å². The average molecular weight is 143 g/mol. The normalized spacial score (nSPS) is 25.5. The van der Waals surface area contributed by atoms with Crippen LogP contribution in [0.5, 0.6) is 0 Å². The molecule has 0 amide bonds. The SMILES string of the molecule is CC(O)CC1(CN)CCC1. The maximum atomic E-state index is 9.13. The van der Waals surface area contributed by atoms with Crippen molar-refractivity contribution < 1.29 is 5.11 Å². The largest absolute Gasteiger partial charge is 0.393 e. The lowest BCUT2D eigenvalue weighted by Crippen LogP contribution is -2.39. The Morgan fingerprint density at radius 3 is 2.30 bits per heavy atom. The molecule has 0 radical (unpaired) electrons. The van der Waals surface area contributed by atoms with Crippen LogP contribution in [-0.2, 0) is 0 Å². The van der Waals surface area contributed by atoms with Crippen LogP contribution in [0.2, 0.25) is 0 Å². The summed E-state index contributed by atoms with van der Waals surface area (Å²) in [5.41, 5.74) is 5.92. The van der Waals surface area contributed by atoms with Gasteiger partial charge in [-0.1, -0.05) is 6.42 Å². The first-order chi connectivity index (χ1) is 4.68. The Hall–Kier alpha value is -0.0800. The number of hydrogen-bond acceptors (Lipinski definition) is 2. The molecule has 10 heavy (non-hydrogen) atoms.